The highest BCUT2D eigenvalue weighted by Crippen LogP contribution is 2.35. The van der Waals surface area contributed by atoms with Crippen LogP contribution in [-0.4, -0.2) is 12.6 Å². The zero-order valence-corrected chi connectivity index (χ0v) is 12.8. The second kappa shape index (κ2) is 6.36. The van der Waals surface area contributed by atoms with E-state index in [1.807, 2.05) is 12.1 Å². The third-order valence-electron chi connectivity index (χ3n) is 4.79. The zero-order chi connectivity index (χ0) is 13.9. The molecule has 0 amide bonds. The van der Waals surface area contributed by atoms with E-state index in [0.717, 1.165) is 30.2 Å². The Morgan fingerprint density at radius 2 is 1.95 bits per heavy atom. The van der Waals surface area contributed by atoms with E-state index in [1.54, 1.807) is 0 Å². The number of halogens is 1. The van der Waals surface area contributed by atoms with Crippen molar-refractivity contribution in [2.45, 2.75) is 57.4 Å². The van der Waals surface area contributed by atoms with E-state index in [0.29, 0.717) is 5.92 Å². The van der Waals surface area contributed by atoms with Crippen molar-refractivity contribution in [1.82, 2.24) is 0 Å². The van der Waals surface area contributed by atoms with Crippen molar-refractivity contribution in [2.75, 3.05) is 6.61 Å². The van der Waals surface area contributed by atoms with Crippen LogP contribution < -0.4 is 10.5 Å². The van der Waals surface area contributed by atoms with Crippen LogP contribution in [0.15, 0.2) is 12.1 Å². The van der Waals surface area contributed by atoms with Crippen LogP contribution in [-0.2, 0) is 12.8 Å². The van der Waals surface area contributed by atoms with E-state index in [4.69, 9.17) is 22.1 Å². The second-order valence-corrected chi connectivity index (χ2v) is 6.71. The standard InChI is InChI=1S/C17H24ClNO/c18-15-9-13-7-8-20-17(13)14(10-15)11-16(19)12-5-3-1-2-4-6-12/h9-10,12,16H,1-8,11,19H2. The molecule has 110 valence electrons. The van der Waals surface area contributed by atoms with Crippen LogP contribution in [0.5, 0.6) is 5.75 Å². The minimum Gasteiger partial charge on any atom is -0.493 e. The summed E-state index contributed by atoms with van der Waals surface area (Å²) in [5, 5.41) is 0.817. The average Bonchev–Trinajstić information content (AvgIpc) is 2.72. The molecule has 3 heteroatoms. The number of hydrogen-bond acceptors (Lipinski definition) is 2. The van der Waals surface area contributed by atoms with Gasteiger partial charge in [-0.05, 0) is 48.4 Å². The summed E-state index contributed by atoms with van der Waals surface area (Å²) in [5.41, 5.74) is 8.96. The monoisotopic (exact) mass is 293 g/mol. The van der Waals surface area contributed by atoms with E-state index in [1.165, 1.54) is 49.7 Å². The lowest BCUT2D eigenvalue weighted by molar-refractivity contribution is 0.343. The van der Waals surface area contributed by atoms with Crippen LogP contribution >= 0.6 is 11.6 Å². The summed E-state index contributed by atoms with van der Waals surface area (Å²) in [4.78, 5) is 0. The molecule has 1 fully saturated rings. The first-order valence-corrected chi connectivity index (χ1v) is 8.31. The lowest BCUT2D eigenvalue weighted by atomic mass is 9.88. The highest BCUT2D eigenvalue weighted by Gasteiger charge is 2.23. The Morgan fingerprint density at radius 3 is 2.70 bits per heavy atom. The maximum Gasteiger partial charge on any atom is 0.125 e. The summed E-state index contributed by atoms with van der Waals surface area (Å²) in [6.07, 6.45) is 9.85. The quantitative estimate of drug-likeness (QED) is 0.851. The Hall–Kier alpha value is -0.730. The Balaban J connectivity index is 1.73. The van der Waals surface area contributed by atoms with Gasteiger partial charge in [0.25, 0.3) is 0 Å². The number of nitrogens with two attached hydrogens (primary N) is 1. The molecule has 0 saturated heterocycles. The van der Waals surface area contributed by atoms with Crippen molar-refractivity contribution in [1.29, 1.82) is 0 Å². The molecular formula is C17H24ClNO. The van der Waals surface area contributed by atoms with Gasteiger partial charge in [0.2, 0.25) is 0 Å². The van der Waals surface area contributed by atoms with Crippen molar-refractivity contribution < 1.29 is 4.74 Å². The SMILES string of the molecule is NC(Cc1cc(Cl)cc2c1OCC2)C1CCCCCC1. The minimum atomic E-state index is 0.236. The van der Waals surface area contributed by atoms with Crippen LogP contribution in [0.4, 0.5) is 0 Å². The van der Waals surface area contributed by atoms with E-state index in [-0.39, 0.29) is 6.04 Å². The summed E-state index contributed by atoms with van der Waals surface area (Å²) in [5.74, 6) is 1.71. The van der Waals surface area contributed by atoms with Gasteiger partial charge in [0.05, 0.1) is 6.61 Å². The molecule has 1 atom stereocenters. The van der Waals surface area contributed by atoms with Gasteiger partial charge in [-0.1, -0.05) is 37.3 Å². The van der Waals surface area contributed by atoms with E-state index in [2.05, 4.69) is 0 Å². The molecule has 1 heterocycles. The van der Waals surface area contributed by atoms with Crippen molar-refractivity contribution in [2.24, 2.45) is 11.7 Å². The van der Waals surface area contributed by atoms with Crippen LogP contribution in [0.25, 0.3) is 0 Å². The van der Waals surface area contributed by atoms with Crippen molar-refractivity contribution in [3.05, 3.63) is 28.3 Å². The number of hydrogen-bond donors (Lipinski definition) is 1. The summed E-state index contributed by atoms with van der Waals surface area (Å²) >= 11 is 6.23. The van der Waals surface area contributed by atoms with E-state index >= 15 is 0 Å². The van der Waals surface area contributed by atoms with Gasteiger partial charge in [0, 0.05) is 17.5 Å². The first kappa shape index (κ1) is 14.2. The average molecular weight is 294 g/mol. The molecule has 20 heavy (non-hydrogen) atoms. The molecule has 0 bridgehead atoms. The minimum absolute atomic E-state index is 0.236. The molecule has 3 rings (SSSR count). The maximum atomic E-state index is 6.50. The third kappa shape index (κ3) is 3.12. The fourth-order valence-electron chi connectivity index (χ4n) is 3.66. The van der Waals surface area contributed by atoms with Gasteiger partial charge in [0.15, 0.2) is 0 Å². The van der Waals surface area contributed by atoms with Crippen molar-refractivity contribution in [3.8, 4) is 5.75 Å². The number of rotatable bonds is 3. The molecule has 1 aliphatic carbocycles. The predicted octanol–water partition coefficient (Wildman–Crippen LogP) is 4.12. The molecule has 1 aromatic carbocycles. The maximum absolute atomic E-state index is 6.50. The topological polar surface area (TPSA) is 35.2 Å². The lowest BCUT2D eigenvalue weighted by Gasteiger charge is -2.23. The normalized spacial score (nSPS) is 21.1. The second-order valence-electron chi connectivity index (χ2n) is 6.27. The molecule has 1 aliphatic heterocycles. The van der Waals surface area contributed by atoms with Gasteiger partial charge in [0.1, 0.15) is 5.75 Å². The summed E-state index contributed by atoms with van der Waals surface area (Å²) in [7, 11) is 0. The van der Waals surface area contributed by atoms with Gasteiger partial charge in [-0.15, -0.1) is 0 Å². The van der Waals surface area contributed by atoms with Crippen molar-refractivity contribution in [3.63, 3.8) is 0 Å². The summed E-state index contributed by atoms with van der Waals surface area (Å²) in [6, 6.07) is 4.31. The largest absolute Gasteiger partial charge is 0.493 e. The van der Waals surface area contributed by atoms with Crippen LogP contribution in [0.3, 0.4) is 0 Å². The molecule has 0 aromatic heterocycles. The molecule has 1 saturated carbocycles. The fraction of sp³-hybridized carbons (Fsp3) is 0.647. The highest BCUT2D eigenvalue weighted by atomic mass is 35.5. The molecule has 2 nitrogen and oxygen atoms in total. The molecule has 1 aromatic rings. The molecule has 0 radical (unpaired) electrons. The van der Waals surface area contributed by atoms with E-state index in [9.17, 15) is 0 Å². The Labute approximate surface area is 126 Å². The fourth-order valence-corrected chi connectivity index (χ4v) is 3.92. The molecule has 2 aliphatic rings. The van der Waals surface area contributed by atoms with E-state index < -0.39 is 0 Å². The predicted molar refractivity (Wildman–Crippen MR) is 83.5 cm³/mol. The molecule has 1 unspecified atom stereocenters. The first-order chi connectivity index (χ1) is 9.74. The number of benzene rings is 1. The van der Waals surface area contributed by atoms with Gasteiger partial charge in [-0.25, -0.2) is 0 Å². The Bertz CT molecular complexity index is 466. The zero-order valence-electron chi connectivity index (χ0n) is 12.0. The highest BCUT2D eigenvalue weighted by molar-refractivity contribution is 6.30. The molecular weight excluding hydrogens is 270 g/mol. The summed E-state index contributed by atoms with van der Waals surface area (Å²) < 4.78 is 5.78. The van der Waals surface area contributed by atoms with Gasteiger partial charge >= 0.3 is 0 Å². The Kier molecular flexibility index (Phi) is 4.52. The lowest BCUT2D eigenvalue weighted by Crippen LogP contribution is -2.32. The van der Waals surface area contributed by atoms with Crippen LogP contribution in [0.2, 0.25) is 5.02 Å². The Morgan fingerprint density at radius 1 is 1.20 bits per heavy atom. The third-order valence-corrected chi connectivity index (χ3v) is 5.00. The number of ether oxygens (including phenoxy) is 1. The van der Waals surface area contributed by atoms with Gasteiger partial charge in [-0.3, -0.25) is 0 Å². The van der Waals surface area contributed by atoms with Crippen molar-refractivity contribution >= 4 is 11.6 Å². The number of fused-ring (bicyclic) bond motifs is 1. The van der Waals surface area contributed by atoms with Crippen LogP contribution in [0, 0.1) is 5.92 Å². The van der Waals surface area contributed by atoms with Gasteiger partial charge in [-0.2, -0.15) is 0 Å². The van der Waals surface area contributed by atoms with Gasteiger partial charge < -0.3 is 10.5 Å². The first-order valence-electron chi connectivity index (χ1n) is 7.94. The van der Waals surface area contributed by atoms with Crippen LogP contribution in [0.1, 0.15) is 49.7 Å². The summed E-state index contributed by atoms with van der Waals surface area (Å²) in [6.45, 7) is 0.779. The smallest absolute Gasteiger partial charge is 0.125 e. The molecule has 2 N–H and O–H groups in total. The molecule has 0 spiro atoms.